The number of furan rings is 2. The first kappa shape index (κ1) is 18.6. The first-order valence-corrected chi connectivity index (χ1v) is 9.01. The maximum atomic E-state index is 12.6. The molecule has 0 radical (unpaired) electrons. The van der Waals surface area contributed by atoms with Crippen molar-refractivity contribution >= 4 is 5.78 Å². The van der Waals surface area contributed by atoms with Gasteiger partial charge in [-0.15, -0.1) is 0 Å². The summed E-state index contributed by atoms with van der Waals surface area (Å²) in [6.07, 6.45) is 2.90. The Labute approximate surface area is 145 Å². The van der Waals surface area contributed by atoms with Gasteiger partial charge in [0.2, 0.25) is 0 Å². The monoisotopic (exact) mass is 330 g/mol. The summed E-state index contributed by atoms with van der Waals surface area (Å²) in [4.78, 5) is 12.6. The minimum Gasteiger partial charge on any atom is -0.466 e. The van der Waals surface area contributed by atoms with Gasteiger partial charge in [0.15, 0.2) is 0 Å². The Balaban J connectivity index is 2.04. The second-order valence-corrected chi connectivity index (χ2v) is 6.93. The van der Waals surface area contributed by atoms with Gasteiger partial charge >= 0.3 is 0 Å². The van der Waals surface area contributed by atoms with Crippen molar-refractivity contribution in [1.82, 2.24) is 0 Å². The van der Waals surface area contributed by atoms with Crippen LogP contribution in [0.2, 0.25) is 0 Å². The SMILES string of the molecule is CCC(CC(=O)CC(CC)c1cc(C)c(C)o1)c1cc(C)c(C)o1. The first-order chi connectivity index (χ1) is 11.3. The fraction of sp³-hybridized carbons (Fsp3) is 0.571. The Morgan fingerprint density at radius 1 is 0.833 bits per heavy atom. The van der Waals surface area contributed by atoms with E-state index in [-0.39, 0.29) is 17.6 Å². The van der Waals surface area contributed by atoms with Crippen molar-refractivity contribution in [3.05, 3.63) is 46.3 Å². The number of rotatable bonds is 8. The van der Waals surface area contributed by atoms with Crippen LogP contribution >= 0.6 is 0 Å². The second-order valence-electron chi connectivity index (χ2n) is 6.93. The molecule has 0 saturated carbocycles. The van der Waals surface area contributed by atoms with E-state index >= 15 is 0 Å². The lowest BCUT2D eigenvalue weighted by molar-refractivity contribution is -0.120. The van der Waals surface area contributed by atoms with Crippen molar-refractivity contribution in [2.45, 2.75) is 79.1 Å². The van der Waals surface area contributed by atoms with E-state index in [1.54, 1.807) is 0 Å². The molecular weight excluding hydrogens is 300 g/mol. The highest BCUT2D eigenvalue weighted by Gasteiger charge is 2.23. The van der Waals surface area contributed by atoms with E-state index in [0.717, 1.165) is 47.0 Å². The van der Waals surface area contributed by atoms with Gasteiger partial charge in [-0.1, -0.05) is 13.8 Å². The Hall–Kier alpha value is -1.77. The van der Waals surface area contributed by atoms with Crippen LogP contribution in [0.25, 0.3) is 0 Å². The van der Waals surface area contributed by atoms with E-state index in [0.29, 0.717) is 12.8 Å². The smallest absolute Gasteiger partial charge is 0.134 e. The average Bonchev–Trinajstić information content (AvgIpc) is 3.05. The normalized spacial score (nSPS) is 13.9. The van der Waals surface area contributed by atoms with Crippen LogP contribution < -0.4 is 0 Å². The lowest BCUT2D eigenvalue weighted by Crippen LogP contribution is -2.10. The lowest BCUT2D eigenvalue weighted by atomic mass is 9.90. The lowest BCUT2D eigenvalue weighted by Gasteiger charge is -2.15. The predicted octanol–water partition coefficient (Wildman–Crippen LogP) is 6.14. The standard InChI is InChI=1S/C21H30O3/c1-7-17(20-9-13(3)15(5)23-20)11-19(22)12-18(8-2)21-10-14(4)16(6)24-21/h9-10,17-18H,7-8,11-12H2,1-6H3. The Morgan fingerprint density at radius 2 is 1.21 bits per heavy atom. The molecule has 2 aromatic rings. The van der Waals surface area contributed by atoms with E-state index in [1.165, 1.54) is 0 Å². The summed E-state index contributed by atoms with van der Waals surface area (Å²) in [5, 5.41) is 0. The van der Waals surface area contributed by atoms with Gasteiger partial charge in [0.05, 0.1) is 0 Å². The minimum atomic E-state index is 0.169. The molecule has 0 fully saturated rings. The van der Waals surface area contributed by atoms with Crippen LogP contribution in [0.15, 0.2) is 21.0 Å². The van der Waals surface area contributed by atoms with Crippen molar-refractivity contribution in [2.24, 2.45) is 0 Å². The van der Waals surface area contributed by atoms with Gasteiger partial charge in [0.25, 0.3) is 0 Å². The van der Waals surface area contributed by atoms with E-state index in [1.807, 2.05) is 27.7 Å². The zero-order valence-electron chi connectivity index (χ0n) is 15.9. The molecule has 0 aliphatic carbocycles. The van der Waals surface area contributed by atoms with Crippen LogP contribution in [0.3, 0.4) is 0 Å². The predicted molar refractivity (Wildman–Crippen MR) is 96.7 cm³/mol. The summed E-state index contributed by atoms with van der Waals surface area (Å²) in [5.74, 6) is 4.40. The van der Waals surface area contributed by atoms with Gasteiger partial charge < -0.3 is 8.83 Å². The average molecular weight is 330 g/mol. The van der Waals surface area contributed by atoms with Crippen LogP contribution in [0.4, 0.5) is 0 Å². The molecule has 0 N–H and O–H groups in total. The van der Waals surface area contributed by atoms with E-state index in [9.17, 15) is 4.79 Å². The summed E-state index contributed by atoms with van der Waals surface area (Å²) in [6, 6.07) is 4.15. The summed E-state index contributed by atoms with van der Waals surface area (Å²) >= 11 is 0. The highest BCUT2D eigenvalue weighted by atomic mass is 16.3. The maximum absolute atomic E-state index is 12.6. The molecule has 0 saturated heterocycles. The fourth-order valence-corrected chi connectivity index (χ4v) is 3.13. The number of hydrogen-bond donors (Lipinski definition) is 0. The van der Waals surface area contributed by atoms with Gasteiger partial charge in [-0.2, -0.15) is 0 Å². The van der Waals surface area contributed by atoms with E-state index < -0.39 is 0 Å². The van der Waals surface area contributed by atoms with Crippen LogP contribution in [0, 0.1) is 27.7 Å². The molecule has 0 bridgehead atoms. The second kappa shape index (κ2) is 7.87. The molecule has 3 nitrogen and oxygen atoms in total. The summed E-state index contributed by atoms with van der Waals surface area (Å²) in [7, 11) is 0. The molecule has 0 aromatic carbocycles. The Morgan fingerprint density at radius 3 is 1.46 bits per heavy atom. The number of ketones is 1. The van der Waals surface area contributed by atoms with Crippen molar-refractivity contribution in [3.63, 3.8) is 0 Å². The molecule has 0 amide bonds. The number of hydrogen-bond acceptors (Lipinski definition) is 3. The van der Waals surface area contributed by atoms with Gasteiger partial charge in [0, 0.05) is 24.7 Å². The third kappa shape index (κ3) is 4.19. The molecule has 2 rings (SSSR count). The molecule has 2 unspecified atom stereocenters. The highest BCUT2D eigenvalue weighted by molar-refractivity contribution is 5.80. The molecule has 2 heterocycles. The van der Waals surface area contributed by atoms with E-state index in [2.05, 4.69) is 26.0 Å². The van der Waals surface area contributed by atoms with Crippen molar-refractivity contribution in [2.75, 3.05) is 0 Å². The van der Waals surface area contributed by atoms with Gasteiger partial charge in [0.1, 0.15) is 28.8 Å². The van der Waals surface area contributed by atoms with Crippen molar-refractivity contribution in [1.29, 1.82) is 0 Å². The van der Waals surface area contributed by atoms with Crippen LogP contribution in [0.5, 0.6) is 0 Å². The van der Waals surface area contributed by atoms with Gasteiger partial charge in [-0.3, -0.25) is 4.79 Å². The maximum Gasteiger partial charge on any atom is 0.134 e. The molecular formula is C21H30O3. The first-order valence-electron chi connectivity index (χ1n) is 9.01. The van der Waals surface area contributed by atoms with Gasteiger partial charge in [-0.05, 0) is 63.8 Å². The van der Waals surface area contributed by atoms with Crippen molar-refractivity contribution < 1.29 is 13.6 Å². The molecule has 24 heavy (non-hydrogen) atoms. The number of carbonyl (C=O) groups is 1. The Bertz CT molecular complexity index is 593. The number of aryl methyl sites for hydroxylation is 4. The third-order valence-corrected chi connectivity index (χ3v) is 5.11. The molecule has 0 aliphatic heterocycles. The third-order valence-electron chi connectivity index (χ3n) is 5.11. The topological polar surface area (TPSA) is 43.4 Å². The highest BCUT2D eigenvalue weighted by Crippen LogP contribution is 2.32. The molecule has 0 aliphatic rings. The van der Waals surface area contributed by atoms with Crippen molar-refractivity contribution in [3.8, 4) is 0 Å². The molecule has 132 valence electrons. The number of carbonyl (C=O) groups excluding carboxylic acids is 1. The molecule has 3 heteroatoms. The van der Waals surface area contributed by atoms with E-state index in [4.69, 9.17) is 8.83 Å². The molecule has 2 atom stereocenters. The summed E-state index contributed by atoms with van der Waals surface area (Å²) < 4.78 is 11.7. The molecule has 0 spiro atoms. The zero-order chi connectivity index (χ0) is 17.9. The summed E-state index contributed by atoms with van der Waals surface area (Å²) in [5.41, 5.74) is 2.31. The molecule has 2 aromatic heterocycles. The van der Waals surface area contributed by atoms with Gasteiger partial charge in [-0.25, -0.2) is 0 Å². The Kier molecular flexibility index (Phi) is 6.09. The zero-order valence-corrected chi connectivity index (χ0v) is 15.9. The van der Waals surface area contributed by atoms with Crippen LogP contribution in [0.1, 0.15) is 85.5 Å². The minimum absolute atomic E-state index is 0.169. The van der Waals surface area contributed by atoms with Crippen LogP contribution in [-0.4, -0.2) is 5.78 Å². The largest absolute Gasteiger partial charge is 0.466 e. The summed E-state index contributed by atoms with van der Waals surface area (Å²) in [6.45, 7) is 12.3. The number of Topliss-reactive ketones (excluding diaryl/α,β-unsaturated/α-hetero) is 1. The fourth-order valence-electron chi connectivity index (χ4n) is 3.13. The van der Waals surface area contributed by atoms with Crippen LogP contribution in [-0.2, 0) is 4.79 Å². The quantitative estimate of drug-likeness (QED) is 0.583.